The highest BCUT2D eigenvalue weighted by Gasteiger charge is 2.62. The van der Waals surface area contributed by atoms with E-state index >= 15 is 0 Å². The molecule has 7 rings (SSSR count). The quantitative estimate of drug-likeness (QED) is 0.214. The molecule has 2 aliphatic carbocycles. The molecule has 336 valence electrons. The maximum absolute atomic E-state index is 15.0. The lowest BCUT2D eigenvalue weighted by Crippen LogP contribution is -2.59. The first-order chi connectivity index (χ1) is 29.3. The van der Waals surface area contributed by atoms with Crippen molar-refractivity contribution in [3.63, 3.8) is 0 Å². The van der Waals surface area contributed by atoms with Gasteiger partial charge in [0.25, 0.3) is 5.91 Å². The zero-order chi connectivity index (χ0) is 44.8. The normalized spacial score (nSPS) is 27.8. The molecule has 2 aromatic heterocycles. The zero-order valence-corrected chi connectivity index (χ0v) is 35.8. The molecule has 1 saturated heterocycles. The summed E-state index contributed by atoms with van der Waals surface area (Å²) in [4.78, 5) is 66.6. The van der Waals surface area contributed by atoms with E-state index in [0.717, 1.165) is 0 Å². The molecule has 3 fully saturated rings. The third-order valence-electron chi connectivity index (χ3n) is 12.3. The number of benzene rings is 1. The van der Waals surface area contributed by atoms with E-state index in [0.29, 0.717) is 80.2 Å². The molecule has 0 radical (unpaired) electrons. The van der Waals surface area contributed by atoms with E-state index in [4.69, 9.17) is 18.6 Å². The van der Waals surface area contributed by atoms with Gasteiger partial charge in [-0.15, -0.1) is 0 Å². The van der Waals surface area contributed by atoms with Gasteiger partial charge in [-0.1, -0.05) is 32.4 Å². The van der Waals surface area contributed by atoms with Crippen LogP contribution in [0.3, 0.4) is 0 Å². The van der Waals surface area contributed by atoms with Gasteiger partial charge in [0.1, 0.15) is 29.5 Å². The Labute approximate surface area is 356 Å². The van der Waals surface area contributed by atoms with Gasteiger partial charge >= 0.3 is 12.3 Å². The summed E-state index contributed by atoms with van der Waals surface area (Å²) < 4.78 is 92.0. The van der Waals surface area contributed by atoms with Crippen molar-refractivity contribution in [3.8, 4) is 23.0 Å². The highest BCUT2D eigenvalue weighted by atomic mass is 32.2. The number of alkyl halides is 3. The van der Waals surface area contributed by atoms with E-state index in [9.17, 15) is 40.8 Å². The molecule has 3 N–H and O–H groups in total. The summed E-state index contributed by atoms with van der Waals surface area (Å²) in [5.74, 6) is -2.61. The number of carbonyl (C=O) groups excluding carboxylic acids is 4. The first kappa shape index (κ1) is 44.6. The molecule has 1 aromatic carbocycles. The Balaban J connectivity index is 1.26. The van der Waals surface area contributed by atoms with Gasteiger partial charge in [0.15, 0.2) is 12.2 Å². The number of nitrogens with zero attached hydrogens (tertiary/aromatic N) is 3. The number of nitrogens with one attached hydrogen (secondary N) is 3. The number of carbonyl (C=O) groups is 4. The highest BCUT2D eigenvalue weighted by molar-refractivity contribution is 7.91. The van der Waals surface area contributed by atoms with E-state index < -0.39 is 86.4 Å². The second-order valence-corrected chi connectivity index (χ2v) is 19.2. The number of sulfonamides is 1. The molecule has 4 heterocycles. The van der Waals surface area contributed by atoms with Crippen LogP contribution in [0.25, 0.3) is 22.1 Å². The fraction of sp³-hybridized carbons (Fsp3) is 0.571. The molecule has 16 nitrogen and oxygen atoms in total. The molecule has 0 spiro atoms. The van der Waals surface area contributed by atoms with Crippen LogP contribution in [0.4, 0.5) is 18.0 Å². The predicted molar refractivity (Wildman–Crippen MR) is 217 cm³/mol. The number of amides is 4. The van der Waals surface area contributed by atoms with Crippen LogP contribution in [-0.4, -0.2) is 102 Å². The van der Waals surface area contributed by atoms with Crippen molar-refractivity contribution in [3.05, 3.63) is 49.1 Å². The van der Waals surface area contributed by atoms with Crippen LogP contribution >= 0.6 is 0 Å². The SMILES string of the molecule is CC[C@@H]1C[C@H](C)CC/C=C\C2C[C@@]2(C(=O)NS(=O)(=O)C2CC2)NC(=O)[C@@H]2C[C@@H](Oc3ncc(-c4cnco4)c4cc(OC)ccc34)CN2C(=O)[C@H]1NC(=O)OC(C)(C)C(F)(F)F. The number of halogens is 3. The Morgan fingerprint density at radius 3 is 2.52 bits per heavy atom. The number of fused-ring (bicyclic) bond motifs is 3. The standard InChI is InChI=1S/C42H51F3N6O10S/c1-6-24-15-23(2)9-7-8-10-25-18-41(25,38(54)50-62(56,57)28-12-13-28)49-35(52)32-17-27(21-51(32)37(53)34(24)48-39(55)61-40(3,4)42(43,44)45)60-36-29-14-11-26(58-5)16-30(29)31(19-47-36)33-20-46-22-59-33/h8,10-11,14,16,19-20,22-25,27-28,32,34H,6-7,9,12-13,15,17-18,21H2,1-5H3,(H,48,55)(H,49,52)(H,50,54)/b10-8-/t23-,24-,25?,27-,32+,34+,41-/m1/s1. The maximum atomic E-state index is 15.0. The maximum Gasteiger partial charge on any atom is 0.427 e. The third kappa shape index (κ3) is 9.20. The smallest absolute Gasteiger partial charge is 0.427 e. The summed E-state index contributed by atoms with van der Waals surface area (Å²) in [7, 11) is -2.49. The van der Waals surface area contributed by atoms with Gasteiger partial charge in [-0.25, -0.2) is 23.2 Å². The number of methoxy groups -OCH3 is 1. The first-order valence-electron chi connectivity index (χ1n) is 20.7. The second-order valence-electron chi connectivity index (χ2n) is 17.2. The van der Waals surface area contributed by atoms with Gasteiger partial charge in [-0.3, -0.25) is 19.1 Å². The molecule has 2 aliphatic heterocycles. The largest absolute Gasteiger partial charge is 0.497 e. The minimum absolute atomic E-state index is 0.0477. The minimum Gasteiger partial charge on any atom is -0.497 e. The van der Waals surface area contributed by atoms with Crippen LogP contribution in [0.1, 0.15) is 79.1 Å². The van der Waals surface area contributed by atoms with Gasteiger partial charge in [0.2, 0.25) is 33.3 Å². The number of ether oxygens (including phenoxy) is 3. The lowest BCUT2D eigenvalue weighted by Gasteiger charge is -2.35. The molecule has 4 amide bonds. The number of aromatic nitrogens is 2. The van der Waals surface area contributed by atoms with Crippen LogP contribution in [0.2, 0.25) is 0 Å². The van der Waals surface area contributed by atoms with Crippen molar-refractivity contribution in [2.24, 2.45) is 17.8 Å². The summed E-state index contributed by atoms with van der Waals surface area (Å²) in [6, 6.07) is 2.38. The molecule has 4 aliphatic rings. The number of hydrogen-bond acceptors (Lipinski definition) is 12. The average Bonchev–Trinajstić information content (AvgIpc) is 4.08. The Morgan fingerprint density at radius 1 is 1.10 bits per heavy atom. The van der Waals surface area contributed by atoms with E-state index in [1.165, 1.54) is 30.8 Å². The van der Waals surface area contributed by atoms with E-state index in [2.05, 4.69) is 25.3 Å². The van der Waals surface area contributed by atoms with Crippen molar-refractivity contribution in [1.82, 2.24) is 30.2 Å². The van der Waals surface area contributed by atoms with Gasteiger partial charge < -0.3 is 34.2 Å². The lowest BCUT2D eigenvalue weighted by molar-refractivity contribution is -0.244. The summed E-state index contributed by atoms with van der Waals surface area (Å²) in [5.41, 5.74) is -3.98. The molecule has 0 bridgehead atoms. The molecule has 2 saturated carbocycles. The van der Waals surface area contributed by atoms with Crippen LogP contribution in [-0.2, 0) is 29.1 Å². The Morgan fingerprint density at radius 2 is 1.85 bits per heavy atom. The van der Waals surface area contributed by atoms with Crippen molar-refractivity contribution < 1.29 is 59.4 Å². The fourth-order valence-corrected chi connectivity index (χ4v) is 9.64. The number of alkyl carbamates (subject to hydrolysis) is 1. The van der Waals surface area contributed by atoms with Gasteiger partial charge in [-0.05, 0) is 82.4 Å². The number of rotatable bonds is 10. The monoisotopic (exact) mass is 888 g/mol. The van der Waals surface area contributed by atoms with E-state index in [1.54, 1.807) is 31.2 Å². The molecule has 3 aromatic rings. The summed E-state index contributed by atoms with van der Waals surface area (Å²) in [5, 5.41) is 5.67. The molecule has 20 heteroatoms. The highest BCUT2D eigenvalue weighted by Crippen LogP contribution is 2.46. The minimum atomic E-state index is -4.93. The van der Waals surface area contributed by atoms with Crippen molar-refractivity contribution in [1.29, 1.82) is 0 Å². The van der Waals surface area contributed by atoms with Gasteiger partial charge in [0.05, 0.1) is 25.1 Å². The average molecular weight is 889 g/mol. The number of allylic oxidation sites excluding steroid dienone is 1. The molecular formula is C42H51F3N6O10S. The molecular weight excluding hydrogens is 838 g/mol. The second kappa shape index (κ2) is 17.0. The van der Waals surface area contributed by atoms with E-state index in [1.807, 2.05) is 13.0 Å². The molecule has 7 atom stereocenters. The third-order valence-corrected chi connectivity index (χ3v) is 14.1. The Bertz CT molecular complexity index is 2340. The predicted octanol–water partition coefficient (Wildman–Crippen LogP) is 5.57. The lowest BCUT2D eigenvalue weighted by atomic mass is 9.85. The Hall–Kier alpha value is -5.40. The summed E-state index contributed by atoms with van der Waals surface area (Å²) in [6.45, 7) is 4.89. The summed E-state index contributed by atoms with van der Waals surface area (Å²) in [6.07, 6.45) is 3.23. The van der Waals surface area contributed by atoms with Crippen LogP contribution in [0, 0.1) is 17.8 Å². The topological polar surface area (TPSA) is 208 Å². The van der Waals surface area contributed by atoms with Crippen LogP contribution in [0.5, 0.6) is 11.6 Å². The summed E-state index contributed by atoms with van der Waals surface area (Å²) >= 11 is 0. The van der Waals surface area contributed by atoms with Gasteiger partial charge in [-0.2, -0.15) is 13.2 Å². The van der Waals surface area contributed by atoms with Crippen molar-refractivity contribution >= 4 is 44.6 Å². The van der Waals surface area contributed by atoms with E-state index in [-0.39, 0.29) is 31.2 Å². The number of hydrogen-bond donors (Lipinski definition) is 3. The van der Waals surface area contributed by atoms with Crippen molar-refractivity contribution in [2.45, 2.75) is 120 Å². The van der Waals surface area contributed by atoms with Crippen LogP contribution < -0.4 is 24.8 Å². The molecule has 62 heavy (non-hydrogen) atoms. The number of pyridine rings is 1. The molecule has 1 unspecified atom stereocenters. The Kier molecular flexibility index (Phi) is 12.3. The zero-order valence-electron chi connectivity index (χ0n) is 35.0. The van der Waals surface area contributed by atoms with Gasteiger partial charge in [0, 0.05) is 34.9 Å². The van der Waals surface area contributed by atoms with Crippen LogP contribution in [0.15, 0.2) is 53.6 Å². The number of oxazole rings is 1. The van der Waals surface area contributed by atoms with Crippen molar-refractivity contribution in [2.75, 3.05) is 13.7 Å². The first-order valence-corrected chi connectivity index (χ1v) is 22.2. The fourth-order valence-electron chi connectivity index (χ4n) is 8.28.